The first-order chi connectivity index (χ1) is 11.4. The molecule has 0 saturated heterocycles. The van der Waals surface area contributed by atoms with Crippen LogP contribution in [0, 0.1) is 11.8 Å². The van der Waals surface area contributed by atoms with Crippen LogP contribution in [0.25, 0.3) is 0 Å². The van der Waals surface area contributed by atoms with E-state index in [1.807, 2.05) is 6.07 Å². The fraction of sp³-hybridized carbons (Fsp3) is 0.350. The fourth-order valence-electron chi connectivity index (χ4n) is 4.36. The van der Waals surface area contributed by atoms with Crippen LogP contribution >= 0.6 is 0 Å². The number of hydrogen-bond acceptors (Lipinski definition) is 3. The van der Waals surface area contributed by atoms with Crippen LogP contribution in [-0.4, -0.2) is 17.0 Å². The predicted molar refractivity (Wildman–Crippen MR) is 92.9 cm³/mol. The molecule has 118 valence electrons. The summed E-state index contributed by atoms with van der Waals surface area (Å²) in [6.45, 7) is 0.845. The Kier molecular flexibility index (Phi) is 3.78. The maximum atomic E-state index is 9.58. The van der Waals surface area contributed by atoms with Crippen LogP contribution in [0.1, 0.15) is 24.8 Å². The standard InChI is InChI=1S/C20H22N2O/c23-21-19-16-11-12-17(13-16)20(19)22(18-9-5-2-6-10-18)14-15-7-3-1-4-8-15/h1-10,16-17,20,23H,11-14H2/b21-19-/t16-,17+,20+/m0/s1. The maximum absolute atomic E-state index is 9.58. The van der Waals surface area contributed by atoms with Crippen molar-refractivity contribution in [3.63, 3.8) is 0 Å². The summed E-state index contributed by atoms with van der Waals surface area (Å²) in [5.41, 5.74) is 3.48. The summed E-state index contributed by atoms with van der Waals surface area (Å²) in [6, 6.07) is 21.3. The number of rotatable bonds is 4. The van der Waals surface area contributed by atoms with Crippen LogP contribution < -0.4 is 4.90 Å². The van der Waals surface area contributed by atoms with E-state index in [1.54, 1.807) is 0 Å². The molecule has 23 heavy (non-hydrogen) atoms. The lowest BCUT2D eigenvalue weighted by Gasteiger charge is -2.36. The van der Waals surface area contributed by atoms with Gasteiger partial charge in [0.25, 0.3) is 0 Å². The molecule has 2 aliphatic carbocycles. The molecule has 3 heteroatoms. The van der Waals surface area contributed by atoms with Crippen LogP contribution in [0.4, 0.5) is 5.69 Å². The highest BCUT2D eigenvalue weighted by atomic mass is 16.4. The van der Waals surface area contributed by atoms with Gasteiger partial charge in [-0.1, -0.05) is 53.7 Å². The molecule has 0 amide bonds. The number of benzene rings is 2. The van der Waals surface area contributed by atoms with Crippen molar-refractivity contribution in [3.05, 3.63) is 66.2 Å². The van der Waals surface area contributed by atoms with Crippen LogP contribution in [0.2, 0.25) is 0 Å². The second kappa shape index (κ2) is 6.07. The number of fused-ring (bicyclic) bond motifs is 2. The molecule has 2 aromatic rings. The van der Waals surface area contributed by atoms with Gasteiger partial charge in [0.15, 0.2) is 0 Å². The van der Waals surface area contributed by atoms with Gasteiger partial charge in [-0.05, 0) is 42.9 Å². The molecule has 0 aliphatic heterocycles. The molecule has 2 saturated carbocycles. The zero-order valence-electron chi connectivity index (χ0n) is 13.2. The van der Waals surface area contributed by atoms with E-state index in [2.05, 4.69) is 64.7 Å². The Bertz CT molecular complexity index is 683. The monoisotopic (exact) mass is 306 g/mol. The van der Waals surface area contributed by atoms with Crippen molar-refractivity contribution < 1.29 is 5.21 Å². The smallest absolute Gasteiger partial charge is 0.0828 e. The molecule has 3 atom stereocenters. The molecule has 4 rings (SSSR count). The number of anilines is 1. The van der Waals surface area contributed by atoms with Crippen molar-refractivity contribution >= 4 is 11.4 Å². The van der Waals surface area contributed by atoms with Crippen LogP contribution in [-0.2, 0) is 6.54 Å². The van der Waals surface area contributed by atoms with Gasteiger partial charge in [-0.15, -0.1) is 0 Å². The van der Waals surface area contributed by atoms with E-state index in [1.165, 1.54) is 30.5 Å². The van der Waals surface area contributed by atoms with Crippen molar-refractivity contribution in [2.45, 2.75) is 31.8 Å². The second-order valence-electron chi connectivity index (χ2n) is 6.69. The molecule has 2 bridgehead atoms. The van der Waals surface area contributed by atoms with Crippen LogP contribution in [0.5, 0.6) is 0 Å². The Labute approximate surface area is 137 Å². The third-order valence-electron chi connectivity index (χ3n) is 5.38. The number of nitrogens with zero attached hydrogens (tertiary/aromatic N) is 2. The Morgan fingerprint density at radius 1 is 0.957 bits per heavy atom. The van der Waals surface area contributed by atoms with Crippen LogP contribution in [0.3, 0.4) is 0 Å². The first-order valence-electron chi connectivity index (χ1n) is 8.44. The topological polar surface area (TPSA) is 35.8 Å². The summed E-state index contributed by atoms with van der Waals surface area (Å²) in [5.74, 6) is 1.08. The van der Waals surface area contributed by atoms with Gasteiger partial charge in [0, 0.05) is 18.2 Å². The van der Waals surface area contributed by atoms with E-state index in [-0.39, 0.29) is 6.04 Å². The summed E-state index contributed by atoms with van der Waals surface area (Å²) in [4.78, 5) is 2.42. The van der Waals surface area contributed by atoms with E-state index in [4.69, 9.17) is 0 Å². The van der Waals surface area contributed by atoms with E-state index in [0.29, 0.717) is 11.8 Å². The van der Waals surface area contributed by atoms with Crippen molar-refractivity contribution in [2.24, 2.45) is 17.0 Å². The maximum Gasteiger partial charge on any atom is 0.0828 e. The Morgan fingerprint density at radius 2 is 1.65 bits per heavy atom. The van der Waals surface area contributed by atoms with Crippen molar-refractivity contribution in [2.75, 3.05) is 4.90 Å². The SMILES string of the molecule is O/N=C1/[C@H]2CC[C@H](C2)[C@H]1N(Cc1ccccc1)c1ccccc1. The molecule has 3 nitrogen and oxygen atoms in total. The zero-order valence-corrected chi connectivity index (χ0v) is 13.2. The highest BCUT2D eigenvalue weighted by molar-refractivity contribution is 5.97. The van der Waals surface area contributed by atoms with Crippen molar-refractivity contribution in [1.29, 1.82) is 0 Å². The van der Waals surface area contributed by atoms with Crippen molar-refractivity contribution in [3.8, 4) is 0 Å². The summed E-state index contributed by atoms with van der Waals surface area (Å²) in [6.07, 6.45) is 3.59. The minimum Gasteiger partial charge on any atom is -0.411 e. The van der Waals surface area contributed by atoms with E-state index >= 15 is 0 Å². The molecule has 2 aliphatic rings. The predicted octanol–water partition coefficient (Wildman–Crippen LogP) is 4.32. The highest BCUT2D eigenvalue weighted by Crippen LogP contribution is 2.46. The summed E-state index contributed by atoms with van der Waals surface area (Å²) in [7, 11) is 0. The lowest BCUT2D eigenvalue weighted by atomic mass is 9.91. The van der Waals surface area contributed by atoms with Crippen LogP contribution in [0.15, 0.2) is 65.8 Å². The minimum atomic E-state index is 0.223. The molecular weight excluding hydrogens is 284 g/mol. The molecule has 0 unspecified atom stereocenters. The summed E-state index contributed by atoms with van der Waals surface area (Å²) >= 11 is 0. The lowest BCUT2D eigenvalue weighted by molar-refractivity contribution is 0.311. The molecule has 0 heterocycles. The van der Waals surface area contributed by atoms with Gasteiger partial charge in [-0.2, -0.15) is 0 Å². The number of hydrogen-bond donors (Lipinski definition) is 1. The highest BCUT2D eigenvalue weighted by Gasteiger charge is 2.48. The third kappa shape index (κ3) is 2.61. The van der Waals surface area contributed by atoms with E-state index in [9.17, 15) is 5.21 Å². The molecule has 0 spiro atoms. The molecule has 1 N–H and O–H groups in total. The van der Waals surface area contributed by atoms with Gasteiger partial charge >= 0.3 is 0 Å². The minimum absolute atomic E-state index is 0.223. The Hall–Kier alpha value is -2.29. The van der Waals surface area contributed by atoms with E-state index < -0.39 is 0 Å². The molecule has 2 aromatic carbocycles. The summed E-state index contributed by atoms with van der Waals surface area (Å²) < 4.78 is 0. The van der Waals surface area contributed by atoms with Gasteiger partial charge in [-0.3, -0.25) is 0 Å². The largest absolute Gasteiger partial charge is 0.411 e. The zero-order chi connectivity index (χ0) is 15.6. The molecular formula is C20H22N2O. The average Bonchev–Trinajstić information content (AvgIpc) is 3.22. The van der Waals surface area contributed by atoms with Gasteiger partial charge in [0.1, 0.15) is 0 Å². The second-order valence-corrected chi connectivity index (χ2v) is 6.69. The summed E-state index contributed by atoms with van der Waals surface area (Å²) in [5, 5.41) is 13.3. The quantitative estimate of drug-likeness (QED) is 0.674. The fourth-order valence-corrected chi connectivity index (χ4v) is 4.36. The normalized spacial score (nSPS) is 27.5. The lowest BCUT2D eigenvalue weighted by Crippen LogP contribution is -2.44. The van der Waals surface area contributed by atoms with Gasteiger partial charge in [0.05, 0.1) is 11.8 Å². The molecule has 0 radical (unpaired) electrons. The Morgan fingerprint density at radius 3 is 2.35 bits per heavy atom. The van der Waals surface area contributed by atoms with E-state index in [0.717, 1.165) is 12.3 Å². The third-order valence-corrected chi connectivity index (χ3v) is 5.38. The number of oxime groups is 1. The number of para-hydroxylation sites is 1. The van der Waals surface area contributed by atoms with Gasteiger partial charge in [-0.25, -0.2) is 0 Å². The first-order valence-corrected chi connectivity index (χ1v) is 8.44. The molecule has 2 fully saturated rings. The first kappa shape index (κ1) is 14.3. The van der Waals surface area contributed by atoms with Gasteiger partial charge < -0.3 is 10.1 Å². The Balaban J connectivity index is 1.71. The molecule has 0 aromatic heterocycles. The van der Waals surface area contributed by atoms with Gasteiger partial charge in [0.2, 0.25) is 0 Å². The van der Waals surface area contributed by atoms with Crippen molar-refractivity contribution in [1.82, 2.24) is 0 Å². The average molecular weight is 306 g/mol.